The van der Waals surface area contributed by atoms with Crippen LogP contribution in [0.1, 0.15) is 52.9 Å². The summed E-state index contributed by atoms with van der Waals surface area (Å²) in [5.74, 6) is 0.957. The topological polar surface area (TPSA) is 26.3 Å². The van der Waals surface area contributed by atoms with E-state index in [-0.39, 0.29) is 5.97 Å². The molecule has 1 fully saturated rings. The van der Waals surface area contributed by atoms with Gasteiger partial charge in [0.15, 0.2) is 0 Å². The Bertz CT molecular complexity index is 552. The first-order chi connectivity index (χ1) is 10.3. The zero-order chi connectivity index (χ0) is 16.0. The van der Waals surface area contributed by atoms with Crippen molar-refractivity contribution < 1.29 is 9.53 Å². The summed E-state index contributed by atoms with van der Waals surface area (Å²) in [5.41, 5.74) is 3.08. The lowest BCUT2D eigenvalue weighted by Gasteiger charge is -2.55. The maximum atomic E-state index is 11.2. The Balaban J connectivity index is 1.80. The fraction of sp³-hybridized carbons (Fsp3) is 0.650. The number of carbonyl (C=O) groups excluding carboxylic acids is 1. The Kier molecular flexibility index (Phi) is 3.82. The third-order valence-electron chi connectivity index (χ3n) is 6.31. The number of allylic oxidation sites excluding steroid dienone is 3. The monoisotopic (exact) mass is 300 g/mol. The summed E-state index contributed by atoms with van der Waals surface area (Å²) in [6.07, 6.45) is 12.3. The van der Waals surface area contributed by atoms with Crippen molar-refractivity contribution in [3.05, 3.63) is 36.0 Å². The van der Waals surface area contributed by atoms with Crippen LogP contribution in [0.4, 0.5) is 0 Å². The Hall–Kier alpha value is -1.31. The van der Waals surface area contributed by atoms with E-state index in [1.54, 1.807) is 6.08 Å². The predicted molar refractivity (Wildman–Crippen MR) is 89.3 cm³/mol. The van der Waals surface area contributed by atoms with Gasteiger partial charge >= 0.3 is 5.97 Å². The first-order valence-electron chi connectivity index (χ1n) is 8.56. The van der Waals surface area contributed by atoms with Crippen LogP contribution < -0.4 is 0 Å². The van der Waals surface area contributed by atoms with Crippen LogP contribution in [-0.2, 0) is 9.53 Å². The highest BCUT2D eigenvalue weighted by atomic mass is 16.5. The van der Waals surface area contributed by atoms with Gasteiger partial charge in [-0.3, -0.25) is 0 Å². The highest BCUT2D eigenvalue weighted by Crippen LogP contribution is 2.59. The number of rotatable bonds is 3. The number of hydrogen-bond donors (Lipinski definition) is 0. The van der Waals surface area contributed by atoms with Gasteiger partial charge in [-0.05, 0) is 53.9 Å². The van der Waals surface area contributed by atoms with Crippen LogP contribution in [-0.4, -0.2) is 12.6 Å². The van der Waals surface area contributed by atoms with Crippen LogP contribution in [0.5, 0.6) is 0 Å². The average Bonchev–Trinajstić information content (AvgIpc) is 2.82. The zero-order valence-corrected chi connectivity index (χ0v) is 14.2. The molecule has 120 valence electrons. The molecule has 2 nitrogen and oxygen atoms in total. The summed E-state index contributed by atoms with van der Waals surface area (Å²) in [7, 11) is 0. The maximum Gasteiger partial charge on any atom is 0.331 e. The summed E-state index contributed by atoms with van der Waals surface area (Å²) in [6.45, 7) is 12.1. The lowest BCUT2D eigenvalue weighted by atomic mass is 9.49. The highest BCUT2D eigenvalue weighted by molar-refractivity contribution is 5.85. The van der Waals surface area contributed by atoms with Crippen molar-refractivity contribution in [2.24, 2.45) is 22.7 Å². The predicted octanol–water partition coefficient (Wildman–Crippen LogP) is 4.82. The third kappa shape index (κ3) is 2.57. The minimum absolute atomic E-state index is 0.180. The molecule has 3 unspecified atom stereocenters. The van der Waals surface area contributed by atoms with Crippen molar-refractivity contribution in [2.45, 2.75) is 52.9 Å². The van der Waals surface area contributed by atoms with Crippen molar-refractivity contribution in [3.8, 4) is 0 Å². The van der Waals surface area contributed by atoms with Gasteiger partial charge in [-0.25, -0.2) is 4.79 Å². The molecule has 0 radical (unpaired) electrons. The van der Waals surface area contributed by atoms with Gasteiger partial charge in [-0.2, -0.15) is 0 Å². The Morgan fingerprint density at radius 1 is 1.32 bits per heavy atom. The van der Waals surface area contributed by atoms with Crippen LogP contribution in [0.25, 0.3) is 0 Å². The second-order valence-electron chi connectivity index (χ2n) is 8.26. The fourth-order valence-electron chi connectivity index (χ4n) is 5.16. The van der Waals surface area contributed by atoms with Crippen molar-refractivity contribution >= 4 is 5.97 Å². The largest absolute Gasteiger partial charge is 0.458 e. The van der Waals surface area contributed by atoms with E-state index in [1.165, 1.54) is 24.8 Å². The lowest BCUT2D eigenvalue weighted by molar-refractivity contribution is -0.134. The summed E-state index contributed by atoms with van der Waals surface area (Å²) in [6, 6.07) is 0. The molecular formula is C20H28O2. The smallest absolute Gasteiger partial charge is 0.331 e. The van der Waals surface area contributed by atoms with Gasteiger partial charge in [0.25, 0.3) is 0 Å². The molecule has 0 N–H and O–H groups in total. The molecule has 1 aliphatic heterocycles. The molecule has 0 aromatic heterocycles. The standard InChI is InChI=1S/C20H28O2/c1-14-6-9-17-19(2,3)10-5-11-20(17,4)16(14)8-7-15-12-18(21)22-13-15/h6,9,12,16-17H,1,5,7-8,10-11,13H2,2-4H3. The molecule has 1 saturated carbocycles. The molecule has 3 aliphatic rings. The van der Waals surface area contributed by atoms with Crippen LogP contribution in [0, 0.1) is 22.7 Å². The molecule has 1 heterocycles. The van der Waals surface area contributed by atoms with Crippen molar-refractivity contribution in [1.29, 1.82) is 0 Å². The van der Waals surface area contributed by atoms with Crippen molar-refractivity contribution in [3.63, 3.8) is 0 Å². The highest BCUT2D eigenvalue weighted by Gasteiger charge is 2.50. The van der Waals surface area contributed by atoms with Crippen molar-refractivity contribution in [2.75, 3.05) is 6.61 Å². The van der Waals surface area contributed by atoms with E-state index in [4.69, 9.17) is 4.74 Å². The van der Waals surface area contributed by atoms with Crippen LogP contribution in [0.3, 0.4) is 0 Å². The molecule has 0 aromatic carbocycles. The number of ether oxygens (including phenoxy) is 1. The zero-order valence-electron chi connectivity index (χ0n) is 14.2. The minimum Gasteiger partial charge on any atom is -0.458 e. The van der Waals surface area contributed by atoms with E-state index >= 15 is 0 Å². The van der Waals surface area contributed by atoms with E-state index in [2.05, 4.69) is 39.5 Å². The Morgan fingerprint density at radius 3 is 2.77 bits per heavy atom. The third-order valence-corrected chi connectivity index (χ3v) is 6.31. The molecule has 0 spiro atoms. The summed E-state index contributed by atoms with van der Waals surface area (Å²) in [5, 5.41) is 0. The summed E-state index contributed by atoms with van der Waals surface area (Å²) >= 11 is 0. The number of esters is 1. The SMILES string of the molecule is C=C1C=CC2C(C)(C)CCCC2(C)C1CCC1=CC(=O)OC1. The number of carbonyl (C=O) groups is 1. The first kappa shape index (κ1) is 15.6. The van der Waals surface area contributed by atoms with E-state index in [1.807, 2.05) is 0 Å². The van der Waals surface area contributed by atoms with Crippen LogP contribution in [0.15, 0.2) is 36.0 Å². The Labute approximate surface area is 134 Å². The Morgan fingerprint density at radius 2 is 2.09 bits per heavy atom. The minimum atomic E-state index is -0.180. The second-order valence-corrected chi connectivity index (χ2v) is 8.26. The molecule has 3 atom stereocenters. The van der Waals surface area contributed by atoms with Crippen LogP contribution >= 0.6 is 0 Å². The lowest BCUT2D eigenvalue weighted by Crippen LogP contribution is -2.47. The molecule has 2 heteroatoms. The van der Waals surface area contributed by atoms with Crippen LogP contribution in [0.2, 0.25) is 0 Å². The molecule has 2 aliphatic carbocycles. The quantitative estimate of drug-likeness (QED) is 0.698. The van der Waals surface area contributed by atoms with E-state index in [0.29, 0.717) is 29.3 Å². The van der Waals surface area contributed by atoms with Gasteiger partial charge in [0.1, 0.15) is 6.61 Å². The molecule has 3 rings (SSSR count). The summed E-state index contributed by atoms with van der Waals surface area (Å²) in [4.78, 5) is 11.2. The molecule has 0 amide bonds. The molecule has 0 saturated heterocycles. The number of cyclic esters (lactones) is 1. The van der Waals surface area contributed by atoms with Crippen molar-refractivity contribution in [1.82, 2.24) is 0 Å². The van der Waals surface area contributed by atoms with Gasteiger partial charge in [0, 0.05) is 6.08 Å². The van der Waals surface area contributed by atoms with Gasteiger partial charge < -0.3 is 4.74 Å². The van der Waals surface area contributed by atoms with Gasteiger partial charge in [-0.1, -0.05) is 51.5 Å². The van der Waals surface area contributed by atoms with Gasteiger partial charge in [0.2, 0.25) is 0 Å². The normalized spacial score (nSPS) is 36.8. The van der Waals surface area contributed by atoms with Gasteiger partial charge in [0.05, 0.1) is 0 Å². The van der Waals surface area contributed by atoms with Gasteiger partial charge in [-0.15, -0.1) is 0 Å². The average molecular weight is 300 g/mol. The fourth-order valence-corrected chi connectivity index (χ4v) is 5.16. The van der Waals surface area contributed by atoms with E-state index in [9.17, 15) is 4.79 Å². The molecule has 0 aromatic rings. The molecule has 0 bridgehead atoms. The van der Waals surface area contributed by atoms with E-state index in [0.717, 1.165) is 18.4 Å². The maximum absolute atomic E-state index is 11.2. The molecule has 22 heavy (non-hydrogen) atoms. The number of fused-ring (bicyclic) bond motifs is 1. The van der Waals surface area contributed by atoms with E-state index < -0.39 is 0 Å². The summed E-state index contributed by atoms with van der Waals surface area (Å²) < 4.78 is 5.03. The first-order valence-corrected chi connectivity index (χ1v) is 8.56. The second kappa shape index (κ2) is 5.40. The number of hydrogen-bond acceptors (Lipinski definition) is 2. The molecular weight excluding hydrogens is 272 g/mol.